The number of azo groups is 1. The first kappa shape index (κ1) is 13.8. The number of non-ortho nitro benzene ring substituents is 1. The second-order valence-electron chi connectivity index (χ2n) is 3.79. The second-order valence-corrected chi connectivity index (χ2v) is 4.14. The van der Waals surface area contributed by atoms with Crippen molar-refractivity contribution in [2.75, 3.05) is 0 Å². The summed E-state index contributed by atoms with van der Waals surface area (Å²) in [5.41, 5.74) is 1.41. The van der Waals surface area contributed by atoms with E-state index in [9.17, 15) is 14.9 Å². The van der Waals surface area contributed by atoms with Gasteiger partial charge in [-0.05, 0) is 48.0 Å². The third-order valence-corrected chi connectivity index (χ3v) is 2.65. The van der Waals surface area contributed by atoms with Gasteiger partial charge in [-0.25, -0.2) is 0 Å². The number of carbonyl (C=O) groups excluding carboxylic acids is 1. The number of carbonyl (C=O) groups is 1. The highest BCUT2D eigenvalue weighted by Crippen LogP contribution is 2.21. The van der Waals surface area contributed by atoms with Crippen LogP contribution in [0.25, 0.3) is 0 Å². The molecule has 7 heteroatoms. The summed E-state index contributed by atoms with van der Waals surface area (Å²) in [7, 11) is 0. The molecule has 0 atom stereocenters. The maximum atomic E-state index is 10.9. The van der Waals surface area contributed by atoms with Crippen molar-refractivity contribution in [3.05, 3.63) is 64.2 Å². The van der Waals surface area contributed by atoms with Gasteiger partial charge in [0, 0.05) is 17.7 Å². The lowest BCUT2D eigenvalue weighted by Gasteiger charge is -1.95. The summed E-state index contributed by atoms with van der Waals surface area (Å²) in [5.74, 6) is 0. The van der Waals surface area contributed by atoms with E-state index in [4.69, 9.17) is 11.6 Å². The number of benzene rings is 2. The fraction of sp³-hybridized carbons (Fsp3) is 0. The molecule has 0 radical (unpaired) electrons. The third kappa shape index (κ3) is 3.46. The van der Waals surface area contributed by atoms with E-state index in [1.54, 1.807) is 24.3 Å². The molecule has 20 heavy (non-hydrogen) atoms. The third-order valence-electron chi connectivity index (χ3n) is 2.44. The average molecular weight is 290 g/mol. The van der Waals surface area contributed by atoms with E-state index in [-0.39, 0.29) is 5.69 Å². The minimum absolute atomic E-state index is 0.00562. The van der Waals surface area contributed by atoms with Crippen LogP contribution >= 0.6 is 11.6 Å². The van der Waals surface area contributed by atoms with Crippen LogP contribution in [0.5, 0.6) is 0 Å². The molecular weight excluding hydrogens is 282 g/mol. The van der Waals surface area contributed by atoms with Crippen LogP contribution < -0.4 is 0 Å². The number of hydrogen-bond donors (Lipinski definition) is 0. The Hall–Kier alpha value is -2.60. The Morgan fingerprint density at radius 2 is 1.40 bits per heavy atom. The molecular formula is C13H8ClN3O3. The molecule has 0 spiro atoms. The number of nitro benzene ring substituents is 1. The predicted octanol–water partition coefficient (Wildman–Crippen LogP) is 4.39. The minimum atomic E-state index is -0.538. The van der Waals surface area contributed by atoms with Crippen molar-refractivity contribution in [2.24, 2.45) is 10.2 Å². The molecule has 0 saturated carbocycles. The summed E-state index contributed by atoms with van der Waals surface area (Å²) in [5, 5.41) is 17.8. The molecule has 2 aromatic carbocycles. The van der Waals surface area contributed by atoms with Gasteiger partial charge in [0.15, 0.2) is 0 Å². The average Bonchev–Trinajstić information content (AvgIpc) is 2.46. The molecule has 0 aliphatic rings. The summed E-state index contributed by atoms with van der Waals surface area (Å²) in [6.45, 7) is 0. The Bertz CT molecular complexity index is 607. The SMILES string of the molecule is O=C(Cl)c1ccc(/N=N/c2ccc([N+](=O)[O-])cc2)cc1. The standard InChI is InChI=1S/C13H8ClN3O3/c14-13(18)9-1-3-10(4-2-9)15-16-11-5-7-12(8-6-11)17(19)20/h1-8H/b16-15+. The zero-order valence-electron chi connectivity index (χ0n) is 10.1. The predicted molar refractivity (Wildman–Crippen MR) is 73.9 cm³/mol. The van der Waals surface area contributed by atoms with Gasteiger partial charge in [-0.1, -0.05) is 0 Å². The number of rotatable bonds is 4. The Kier molecular flexibility index (Phi) is 4.17. The Balaban J connectivity index is 2.12. The monoisotopic (exact) mass is 289 g/mol. The molecule has 100 valence electrons. The van der Waals surface area contributed by atoms with E-state index < -0.39 is 10.2 Å². The lowest BCUT2D eigenvalue weighted by molar-refractivity contribution is -0.384. The summed E-state index contributed by atoms with van der Waals surface area (Å²) < 4.78 is 0. The van der Waals surface area contributed by atoms with Crippen LogP contribution in [0.1, 0.15) is 10.4 Å². The highest BCUT2D eigenvalue weighted by molar-refractivity contribution is 6.67. The molecule has 0 saturated heterocycles. The van der Waals surface area contributed by atoms with Crippen molar-refractivity contribution < 1.29 is 9.72 Å². The van der Waals surface area contributed by atoms with Gasteiger partial charge in [0.2, 0.25) is 0 Å². The minimum Gasteiger partial charge on any atom is -0.276 e. The normalized spacial score (nSPS) is 10.7. The molecule has 6 nitrogen and oxygen atoms in total. The van der Waals surface area contributed by atoms with Crippen LogP contribution in [0, 0.1) is 10.1 Å². The number of halogens is 1. The van der Waals surface area contributed by atoms with Gasteiger partial charge in [0.25, 0.3) is 10.9 Å². The van der Waals surface area contributed by atoms with E-state index in [2.05, 4.69) is 10.2 Å². The summed E-state index contributed by atoms with van der Waals surface area (Å²) in [4.78, 5) is 20.9. The van der Waals surface area contributed by atoms with Crippen molar-refractivity contribution in [1.29, 1.82) is 0 Å². The Morgan fingerprint density at radius 3 is 1.80 bits per heavy atom. The highest BCUT2D eigenvalue weighted by atomic mass is 35.5. The largest absolute Gasteiger partial charge is 0.276 e. The van der Waals surface area contributed by atoms with Gasteiger partial charge in [-0.3, -0.25) is 14.9 Å². The second kappa shape index (κ2) is 6.03. The first-order valence-corrected chi connectivity index (χ1v) is 5.90. The molecule has 0 bridgehead atoms. The Labute approximate surface area is 118 Å². The smallest absolute Gasteiger partial charge is 0.269 e. The zero-order valence-corrected chi connectivity index (χ0v) is 10.8. The van der Waals surface area contributed by atoms with Crippen molar-refractivity contribution in [3.8, 4) is 0 Å². The summed E-state index contributed by atoms with van der Waals surface area (Å²) >= 11 is 5.32. The molecule has 0 N–H and O–H groups in total. The molecule has 2 rings (SSSR count). The molecule has 0 aromatic heterocycles. The van der Waals surface area contributed by atoms with Crippen molar-refractivity contribution in [3.63, 3.8) is 0 Å². The fourth-order valence-corrected chi connectivity index (χ4v) is 1.54. The number of nitrogens with zero attached hydrogens (tertiary/aromatic N) is 3. The van der Waals surface area contributed by atoms with Gasteiger partial charge < -0.3 is 0 Å². The first-order chi connectivity index (χ1) is 9.56. The lowest BCUT2D eigenvalue weighted by atomic mass is 10.2. The van der Waals surface area contributed by atoms with E-state index in [0.717, 1.165) is 0 Å². The van der Waals surface area contributed by atoms with E-state index in [0.29, 0.717) is 16.9 Å². The quantitative estimate of drug-likeness (QED) is 0.362. The van der Waals surface area contributed by atoms with Crippen LogP contribution in [0.3, 0.4) is 0 Å². The fourth-order valence-electron chi connectivity index (χ4n) is 1.42. The van der Waals surface area contributed by atoms with Gasteiger partial charge in [-0.2, -0.15) is 10.2 Å². The van der Waals surface area contributed by atoms with Crippen LogP contribution in [-0.4, -0.2) is 10.2 Å². The first-order valence-electron chi connectivity index (χ1n) is 5.52. The van der Waals surface area contributed by atoms with Crippen molar-refractivity contribution in [2.45, 2.75) is 0 Å². The maximum Gasteiger partial charge on any atom is 0.269 e. The van der Waals surface area contributed by atoms with E-state index >= 15 is 0 Å². The van der Waals surface area contributed by atoms with Crippen molar-refractivity contribution in [1.82, 2.24) is 0 Å². The Morgan fingerprint density at radius 1 is 0.950 bits per heavy atom. The van der Waals surface area contributed by atoms with Gasteiger partial charge in [0.1, 0.15) is 0 Å². The molecule has 0 fully saturated rings. The van der Waals surface area contributed by atoms with Crippen LogP contribution in [-0.2, 0) is 0 Å². The molecule has 0 amide bonds. The lowest BCUT2D eigenvalue weighted by Crippen LogP contribution is -1.86. The summed E-state index contributed by atoms with van der Waals surface area (Å²) in [6.07, 6.45) is 0. The van der Waals surface area contributed by atoms with Gasteiger partial charge >= 0.3 is 0 Å². The van der Waals surface area contributed by atoms with E-state index in [1.165, 1.54) is 24.3 Å². The van der Waals surface area contributed by atoms with E-state index in [1.807, 2.05) is 0 Å². The van der Waals surface area contributed by atoms with Crippen LogP contribution in [0.2, 0.25) is 0 Å². The van der Waals surface area contributed by atoms with Crippen LogP contribution in [0.15, 0.2) is 58.8 Å². The van der Waals surface area contributed by atoms with Gasteiger partial charge in [-0.15, -0.1) is 0 Å². The highest BCUT2D eigenvalue weighted by Gasteiger charge is 2.03. The molecule has 2 aromatic rings. The van der Waals surface area contributed by atoms with Crippen molar-refractivity contribution >= 4 is 33.9 Å². The summed E-state index contributed by atoms with van der Waals surface area (Å²) in [6, 6.07) is 12.0. The molecule has 0 unspecified atom stereocenters. The van der Waals surface area contributed by atoms with Crippen LogP contribution in [0.4, 0.5) is 17.1 Å². The molecule has 0 aliphatic heterocycles. The van der Waals surface area contributed by atoms with Gasteiger partial charge in [0.05, 0.1) is 16.3 Å². The molecule has 0 aliphatic carbocycles. The number of hydrogen-bond acceptors (Lipinski definition) is 5. The zero-order chi connectivity index (χ0) is 14.5. The number of nitro groups is 1. The topological polar surface area (TPSA) is 84.9 Å². The molecule has 0 heterocycles. The maximum absolute atomic E-state index is 10.9.